The summed E-state index contributed by atoms with van der Waals surface area (Å²) in [5.74, 6) is -0.779. The Hall–Kier alpha value is -2.15. The topological polar surface area (TPSA) is 84.1 Å². The number of aryl methyl sites for hydroxylation is 2. The Morgan fingerprint density at radius 1 is 1.38 bits per heavy atom. The van der Waals surface area contributed by atoms with Crippen LogP contribution in [0.5, 0.6) is 0 Å². The van der Waals surface area contributed by atoms with E-state index in [0.29, 0.717) is 17.2 Å². The molecule has 2 aromatic rings. The maximum Gasteiger partial charge on any atom is 0.341 e. The average molecular weight is 307 g/mol. The van der Waals surface area contributed by atoms with Gasteiger partial charge in [0.05, 0.1) is 12.2 Å². The molecule has 0 spiro atoms. The van der Waals surface area contributed by atoms with E-state index in [4.69, 9.17) is 4.74 Å². The highest BCUT2D eigenvalue weighted by molar-refractivity contribution is 7.16. The fourth-order valence-corrected chi connectivity index (χ4v) is 2.91. The molecule has 112 valence electrons. The second kappa shape index (κ2) is 6.09. The summed E-state index contributed by atoms with van der Waals surface area (Å²) < 4.78 is 5.05. The first-order chi connectivity index (χ1) is 9.93. The van der Waals surface area contributed by atoms with Gasteiger partial charge in [-0.1, -0.05) is 0 Å². The van der Waals surface area contributed by atoms with Gasteiger partial charge in [0.2, 0.25) is 0 Å². The first-order valence-electron chi connectivity index (χ1n) is 6.54. The molecule has 0 aliphatic rings. The van der Waals surface area contributed by atoms with Gasteiger partial charge in [-0.15, -0.1) is 11.3 Å². The molecule has 7 heteroatoms. The van der Waals surface area contributed by atoms with E-state index in [-0.39, 0.29) is 11.6 Å². The minimum Gasteiger partial charge on any atom is -0.462 e. The van der Waals surface area contributed by atoms with Gasteiger partial charge in [-0.2, -0.15) is 5.10 Å². The Labute approximate surface area is 126 Å². The van der Waals surface area contributed by atoms with Crippen molar-refractivity contribution in [1.82, 2.24) is 10.2 Å². The average Bonchev–Trinajstić information content (AvgIpc) is 2.95. The standard InChI is InChI=1S/C14H17N3O3S/c1-5-20-14(19)11-8(3)9(4)21-13(11)15-12(18)10-6-7(2)16-17-10/h6H,5H2,1-4H3,(H,15,18)(H,16,17). The van der Waals surface area contributed by atoms with Gasteiger partial charge in [0, 0.05) is 10.6 Å². The summed E-state index contributed by atoms with van der Waals surface area (Å²) in [5, 5.41) is 9.85. The van der Waals surface area contributed by atoms with E-state index in [0.717, 1.165) is 16.1 Å². The number of carbonyl (C=O) groups is 2. The monoisotopic (exact) mass is 307 g/mol. The van der Waals surface area contributed by atoms with Crippen LogP contribution in [0.15, 0.2) is 6.07 Å². The lowest BCUT2D eigenvalue weighted by Gasteiger charge is -2.06. The van der Waals surface area contributed by atoms with Crippen LogP contribution in [0.1, 0.15) is 43.9 Å². The Balaban J connectivity index is 2.29. The van der Waals surface area contributed by atoms with Crippen molar-refractivity contribution in [3.8, 4) is 0 Å². The minimum absolute atomic E-state index is 0.283. The molecule has 0 bridgehead atoms. The van der Waals surface area contributed by atoms with Gasteiger partial charge < -0.3 is 10.1 Å². The lowest BCUT2D eigenvalue weighted by atomic mass is 10.1. The largest absolute Gasteiger partial charge is 0.462 e. The fraction of sp³-hybridized carbons (Fsp3) is 0.357. The van der Waals surface area contributed by atoms with Crippen LogP contribution in [-0.2, 0) is 4.74 Å². The fourth-order valence-electron chi connectivity index (χ4n) is 1.87. The SMILES string of the molecule is CCOC(=O)c1c(NC(=O)c2cc(C)[nH]n2)sc(C)c1C. The molecule has 0 aromatic carbocycles. The minimum atomic E-state index is -0.423. The number of hydrogen-bond acceptors (Lipinski definition) is 5. The summed E-state index contributed by atoms with van der Waals surface area (Å²) >= 11 is 1.35. The first kappa shape index (κ1) is 15.2. The Morgan fingerprint density at radius 2 is 2.10 bits per heavy atom. The predicted molar refractivity (Wildman–Crippen MR) is 81.0 cm³/mol. The summed E-state index contributed by atoms with van der Waals surface area (Å²) in [6, 6.07) is 1.65. The van der Waals surface area contributed by atoms with Crippen LogP contribution >= 0.6 is 11.3 Å². The van der Waals surface area contributed by atoms with Gasteiger partial charge in [-0.05, 0) is 39.3 Å². The molecule has 2 rings (SSSR count). The number of esters is 1. The third kappa shape index (κ3) is 3.13. The smallest absolute Gasteiger partial charge is 0.341 e. The summed E-state index contributed by atoms with van der Waals surface area (Å²) in [6.45, 7) is 7.59. The molecule has 0 radical (unpaired) electrons. The van der Waals surface area contributed by atoms with Crippen LogP contribution in [0.4, 0.5) is 5.00 Å². The number of hydrogen-bond donors (Lipinski definition) is 2. The maximum atomic E-state index is 12.1. The van der Waals surface area contributed by atoms with Crippen molar-refractivity contribution in [2.75, 3.05) is 11.9 Å². The van der Waals surface area contributed by atoms with Gasteiger partial charge in [0.1, 0.15) is 5.00 Å². The highest BCUT2D eigenvalue weighted by Crippen LogP contribution is 2.33. The molecule has 2 heterocycles. The number of thiophene rings is 1. The quantitative estimate of drug-likeness (QED) is 0.851. The number of H-pyrrole nitrogens is 1. The summed E-state index contributed by atoms with van der Waals surface area (Å²) in [7, 11) is 0. The summed E-state index contributed by atoms with van der Waals surface area (Å²) in [4.78, 5) is 25.1. The van der Waals surface area contributed by atoms with Crippen LogP contribution in [0.2, 0.25) is 0 Å². The van der Waals surface area contributed by atoms with Crippen LogP contribution < -0.4 is 5.32 Å². The van der Waals surface area contributed by atoms with Crippen molar-refractivity contribution in [2.24, 2.45) is 0 Å². The van der Waals surface area contributed by atoms with Crippen LogP contribution in [0.3, 0.4) is 0 Å². The molecule has 6 nitrogen and oxygen atoms in total. The van der Waals surface area contributed by atoms with Gasteiger partial charge in [0.15, 0.2) is 5.69 Å². The van der Waals surface area contributed by atoms with Crippen LogP contribution in [0.25, 0.3) is 0 Å². The number of amides is 1. The van der Waals surface area contributed by atoms with Gasteiger partial charge in [0.25, 0.3) is 5.91 Å². The number of nitrogens with one attached hydrogen (secondary N) is 2. The molecule has 2 aromatic heterocycles. The van der Waals surface area contributed by atoms with E-state index >= 15 is 0 Å². The third-order valence-electron chi connectivity index (χ3n) is 3.03. The van der Waals surface area contributed by atoms with E-state index in [1.165, 1.54) is 11.3 Å². The van der Waals surface area contributed by atoms with Crippen LogP contribution in [0, 0.1) is 20.8 Å². The summed E-state index contributed by atoms with van der Waals surface area (Å²) in [6.07, 6.45) is 0. The van der Waals surface area contributed by atoms with E-state index < -0.39 is 5.97 Å². The van der Waals surface area contributed by atoms with E-state index in [2.05, 4.69) is 15.5 Å². The molecule has 0 aliphatic carbocycles. The molecule has 2 N–H and O–H groups in total. The lowest BCUT2D eigenvalue weighted by molar-refractivity contribution is 0.0527. The molecular formula is C14H17N3O3S. The van der Waals surface area contributed by atoms with Crippen molar-refractivity contribution in [2.45, 2.75) is 27.7 Å². The zero-order chi connectivity index (χ0) is 15.6. The number of rotatable bonds is 4. The van der Waals surface area contributed by atoms with Gasteiger partial charge in [-0.3, -0.25) is 9.89 Å². The number of anilines is 1. The lowest BCUT2D eigenvalue weighted by Crippen LogP contribution is -2.15. The number of ether oxygens (including phenoxy) is 1. The Bertz CT molecular complexity index is 688. The first-order valence-corrected chi connectivity index (χ1v) is 7.36. The van der Waals surface area contributed by atoms with Crippen molar-refractivity contribution < 1.29 is 14.3 Å². The normalized spacial score (nSPS) is 10.5. The molecule has 1 amide bonds. The Morgan fingerprint density at radius 3 is 2.67 bits per heavy atom. The van der Waals surface area contributed by atoms with E-state index in [9.17, 15) is 9.59 Å². The highest BCUT2D eigenvalue weighted by atomic mass is 32.1. The molecule has 0 unspecified atom stereocenters. The van der Waals surface area contributed by atoms with E-state index in [1.54, 1.807) is 13.0 Å². The van der Waals surface area contributed by atoms with Gasteiger partial charge >= 0.3 is 5.97 Å². The zero-order valence-electron chi connectivity index (χ0n) is 12.4. The van der Waals surface area contributed by atoms with E-state index in [1.807, 2.05) is 20.8 Å². The molecule has 21 heavy (non-hydrogen) atoms. The summed E-state index contributed by atoms with van der Waals surface area (Å²) in [5.41, 5.74) is 2.32. The molecular weight excluding hydrogens is 290 g/mol. The van der Waals surface area contributed by atoms with Crippen molar-refractivity contribution in [1.29, 1.82) is 0 Å². The molecule has 0 saturated carbocycles. The number of aromatic amines is 1. The molecule has 0 saturated heterocycles. The number of nitrogens with zero attached hydrogens (tertiary/aromatic N) is 1. The van der Waals surface area contributed by atoms with Crippen LogP contribution in [-0.4, -0.2) is 28.7 Å². The van der Waals surface area contributed by atoms with Crippen molar-refractivity contribution in [3.63, 3.8) is 0 Å². The molecule has 0 atom stereocenters. The zero-order valence-corrected chi connectivity index (χ0v) is 13.2. The highest BCUT2D eigenvalue weighted by Gasteiger charge is 2.22. The maximum absolute atomic E-state index is 12.1. The third-order valence-corrected chi connectivity index (χ3v) is 4.15. The predicted octanol–water partition coefficient (Wildman–Crippen LogP) is 2.83. The number of aromatic nitrogens is 2. The Kier molecular flexibility index (Phi) is 4.42. The second-order valence-electron chi connectivity index (χ2n) is 4.60. The molecule has 0 fully saturated rings. The molecule has 0 aliphatic heterocycles. The van der Waals surface area contributed by atoms with Gasteiger partial charge in [-0.25, -0.2) is 4.79 Å². The number of carbonyl (C=O) groups excluding carboxylic acids is 2. The van der Waals surface area contributed by atoms with Crippen molar-refractivity contribution >= 4 is 28.2 Å². The van der Waals surface area contributed by atoms with Crippen molar-refractivity contribution in [3.05, 3.63) is 33.5 Å². The second-order valence-corrected chi connectivity index (χ2v) is 5.82.